The molecule has 72 heavy (non-hydrogen) atoms. The minimum Gasteiger partial charge on any atom is -0.508 e. The molecule has 0 radical (unpaired) electrons. The average molecular weight is 1000 g/mol. The fraction of sp³-hybridized carbons (Fsp3) is 0.468. The Labute approximate surface area is 414 Å². The predicted molar refractivity (Wildman–Crippen MR) is 259 cm³/mol. The molecule has 0 spiro atoms. The highest BCUT2D eigenvalue weighted by molar-refractivity contribution is 5.99. The zero-order valence-corrected chi connectivity index (χ0v) is 40.2. The largest absolute Gasteiger partial charge is 0.508 e. The van der Waals surface area contributed by atoms with Crippen LogP contribution >= 0.6 is 0 Å². The van der Waals surface area contributed by atoms with Gasteiger partial charge in [0.1, 0.15) is 48.0 Å². The number of aliphatic carboxylic acids is 1. The van der Waals surface area contributed by atoms with Crippen molar-refractivity contribution in [3.8, 4) is 5.75 Å². The number of nitrogens with zero attached hydrogens (tertiary/aromatic N) is 3. The second kappa shape index (κ2) is 26.2. The number of carbonyl (C=O) groups excluding carboxylic acids is 8. The summed E-state index contributed by atoms with van der Waals surface area (Å²) in [7, 11) is 1.55. The molecule has 25 heteroatoms. The molecule has 25 nitrogen and oxygen atoms in total. The summed E-state index contributed by atoms with van der Waals surface area (Å²) in [4.78, 5) is 136. The standard InChI is InChI=1S/C47H64N14O11/c1-25(2)39(60-40(65)31(55-38(64)22-50-3)10-7-15-52-47(48)49)44(69)57-32(16-27-11-13-30(62)14-12-27)41(66)56-33-20-37(63)54-29-19-36(43(68)59-35(46(71)72)17-26-8-5-4-6-9-26)61(23-29)45(70)34(58-42(33)67)18-28-21-51-24-53-28/h4-6,8-9,11-14,21,24-25,29,31-36,39,50,62H,7,10,15-20,22-23H2,1-3H3,(H,51,53)(H,54,63)(H,55,64)(H,56,66)(H,57,69)(H,58,67)(H,59,68)(H,60,65)(H,71,72)(H4,48,49,52)/t29-,31+,32+,33-,34-,35+,36-,39+/m1/s1. The Morgan fingerprint density at radius 3 is 2.19 bits per heavy atom. The number of aromatic amines is 1. The van der Waals surface area contributed by atoms with Gasteiger partial charge in [-0.3, -0.25) is 43.3 Å². The van der Waals surface area contributed by atoms with Gasteiger partial charge in [-0.25, -0.2) is 9.78 Å². The van der Waals surface area contributed by atoms with Crippen LogP contribution < -0.4 is 54.0 Å². The lowest BCUT2D eigenvalue weighted by molar-refractivity contribution is -0.145. The van der Waals surface area contributed by atoms with E-state index in [4.69, 9.17) is 11.5 Å². The van der Waals surface area contributed by atoms with Crippen LogP contribution in [0.3, 0.4) is 0 Å². The van der Waals surface area contributed by atoms with E-state index in [9.17, 15) is 53.4 Å². The van der Waals surface area contributed by atoms with Crippen molar-refractivity contribution < 1.29 is 53.4 Å². The van der Waals surface area contributed by atoms with Crippen LogP contribution in [0.1, 0.15) is 56.4 Å². The topological polar surface area (TPSA) is 387 Å². The van der Waals surface area contributed by atoms with E-state index in [0.29, 0.717) is 16.8 Å². The van der Waals surface area contributed by atoms with Crippen molar-refractivity contribution in [2.75, 3.05) is 26.7 Å². The number of nitrogens with one attached hydrogen (secondary N) is 9. The molecular weight excluding hydrogens is 937 g/mol. The lowest BCUT2D eigenvalue weighted by Crippen LogP contribution is -2.61. The number of fused-ring (bicyclic) bond motifs is 2. The highest BCUT2D eigenvalue weighted by Gasteiger charge is 2.45. The maximum absolute atomic E-state index is 14.6. The Bertz CT molecular complexity index is 2420. The van der Waals surface area contributed by atoms with Gasteiger partial charge in [0.05, 0.1) is 19.3 Å². The number of aromatic hydroxyl groups is 1. The molecule has 2 fully saturated rings. The SMILES string of the molecule is CNCC(=O)N[C@@H](CCCN=C(N)N)C(=O)N[C@H](C(=O)N[C@@H](Cc1ccc(O)cc1)C(=O)N[C@@H]1CC(=O)N[C@@H]2C[C@H](C(=O)N[C@@H](Cc3ccccc3)C(=O)O)N(C2)C(=O)[C@@H](Cc2cnc[nH]2)NC1=O)C(C)C. The number of hydrogen-bond donors (Lipinski definition) is 13. The number of carboxylic acid groups (broad SMARTS) is 1. The molecule has 388 valence electrons. The second-order valence-electron chi connectivity index (χ2n) is 18.0. The normalized spacial score (nSPS) is 19.5. The first-order chi connectivity index (χ1) is 34.3. The van der Waals surface area contributed by atoms with E-state index < -0.39 is 114 Å². The molecule has 3 heterocycles. The van der Waals surface area contributed by atoms with Gasteiger partial charge < -0.3 is 74.1 Å². The summed E-state index contributed by atoms with van der Waals surface area (Å²) in [5, 5.41) is 41.2. The molecule has 0 saturated carbocycles. The van der Waals surface area contributed by atoms with Crippen LogP contribution in [0.2, 0.25) is 0 Å². The van der Waals surface area contributed by atoms with Gasteiger partial charge in [-0.2, -0.15) is 0 Å². The molecule has 2 saturated heterocycles. The van der Waals surface area contributed by atoms with E-state index >= 15 is 0 Å². The third kappa shape index (κ3) is 16.2. The van der Waals surface area contributed by atoms with Crippen LogP contribution in [0.15, 0.2) is 72.1 Å². The van der Waals surface area contributed by atoms with Crippen molar-refractivity contribution in [2.45, 2.75) is 107 Å². The molecule has 3 aromatic rings. The summed E-state index contributed by atoms with van der Waals surface area (Å²) >= 11 is 0. The quantitative estimate of drug-likeness (QED) is 0.0250. The number of aliphatic imine (C=N–C) groups is 1. The first-order valence-corrected chi connectivity index (χ1v) is 23.4. The molecule has 2 aliphatic heterocycles. The predicted octanol–water partition coefficient (Wildman–Crippen LogP) is -3.45. The number of nitrogens with two attached hydrogens (primary N) is 2. The van der Waals surface area contributed by atoms with Crippen molar-refractivity contribution in [1.82, 2.24) is 57.4 Å². The van der Waals surface area contributed by atoms with E-state index in [1.165, 1.54) is 41.7 Å². The van der Waals surface area contributed by atoms with Gasteiger partial charge in [-0.05, 0) is 55.5 Å². The van der Waals surface area contributed by atoms with Crippen LogP contribution in [0, 0.1) is 5.92 Å². The maximum Gasteiger partial charge on any atom is 0.326 e. The molecule has 2 aliphatic rings. The summed E-state index contributed by atoms with van der Waals surface area (Å²) in [5.74, 6) is -8.31. The second-order valence-corrected chi connectivity index (χ2v) is 18.0. The van der Waals surface area contributed by atoms with E-state index in [0.717, 1.165) is 0 Å². The van der Waals surface area contributed by atoms with Gasteiger partial charge in [0, 0.05) is 50.3 Å². The Morgan fingerprint density at radius 2 is 1.56 bits per heavy atom. The van der Waals surface area contributed by atoms with Crippen LogP contribution in [0.25, 0.3) is 0 Å². The van der Waals surface area contributed by atoms with Gasteiger partial charge in [0.15, 0.2) is 5.96 Å². The fourth-order valence-electron chi connectivity index (χ4n) is 8.30. The number of carboxylic acids is 1. The van der Waals surface area contributed by atoms with E-state index in [2.05, 4.69) is 57.5 Å². The van der Waals surface area contributed by atoms with Gasteiger partial charge in [-0.15, -0.1) is 0 Å². The highest BCUT2D eigenvalue weighted by atomic mass is 16.4. The van der Waals surface area contributed by atoms with Crippen molar-refractivity contribution in [3.63, 3.8) is 0 Å². The number of hydrogen-bond acceptors (Lipinski definition) is 13. The molecule has 5 rings (SSSR count). The Morgan fingerprint density at radius 1 is 0.861 bits per heavy atom. The lowest BCUT2D eigenvalue weighted by atomic mass is 9.99. The Kier molecular flexibility index (Phi) is 20.0. The number of likely N-dealkylation sites (N-methyl/N-ethyl adjacent to an activating group) is 1. The first kappa shape index (κ1) is 54.8. The number of H-pyrrole nitrogens is 1. The van der Waals surface area contributed by atoms with Crippen molar-refractivity contribution in [1.29, 1.82) is 0 Å². The number of carbonyl (C=O) groups is 9. The number of rotatable bonds is 23. The van der Waals surface area contributed by atoms with Crippen LogP contribution in [-0.2, 0) is 62.4 Å². The summed E-state index contributed by atoms with van der Waals surface area (Å²) in [6.45, 7) is 3.17. The Hall–Kier alpha value is -8.09. The zero-order valence-electron chi connectivity index (χ0n) is 40.2. The van der Waals surface area contributed by atoms with Gasteiger partial charge in [0.25, 0.3) is 0 Å². The van der Waals surface area contributed by atoms with E-state index in [1.807, 2.05) is 0 Å². The number of phenols is 1. The number of aromatic nitrogens is 2. The number of imidazole rings is 1. The van der Waals surface area contributed by atoms with Crippen LogP contribution in [0.4, 0.5) is 0 Å². The molecule has 0 aliphatic carbocycles. The molecule has 2 aromatic carbocycles. The van der Waals surface area contributed by atoms with Crippen molar-refractivity contribution >= 4 is 59.2 Å². The average Bonchev–Trinajstić information content (AvgIpc) is 4.01. The monoisotopic (exact) mass is 1000 g/mol. The van der Waals surface area contributed by atoms with Gasteiger partial charge in [0.2, 0.25) is 47.3 Å². The van der Waals surface area contributed by atoms with Gasteiger partial charge >= 0.3 is 5.97 Å². The third-order valence-corrected chi connectivity index (χ3v) is 12.0. The zero-order chi connectivity index (χ0) is 52.5. The van der Waals surface area contributed by atoms with Crippen molar-refractivity contribution in [2.24, 2.45) is 22.4 Å². The smallest absolute Gasteiger partial charge is 0.326 e. The van der Waals surface area contributed by atoms with Crippen molar-refractivity contribution in [3.05, 3.63) is 83.9 Å². The maximum atomic E-state index is 14.6. The first-order valence-electron chi connectivity index (χ1n) is 23.4. The molecule has 8 amide bonds. The molecular formula is C47H64N14O11. The van der Waals surface area contributed by atoms with Crippen LogP contribution in [-0.4, -0.2) is 159 Å². The summed E-state index contributed by atoms with van der Waals surface area (Å²) < 4.78 is 0. The fourth-order valence-corrected chi connectivity index (χ4v) is 8.30. The molecule has 8 atom stereocenters. The van der Waals surface area contributed by atoms with Crippen LogP contribution in [0.5, 0.6) is 5.75 Å². The third-order valence-electron chi connectivity index (χ3n) is 12.0. The number of guanidine groups is 1. The summed E-state index contributed by atoms with van der Waals surface area (Å²) in [6.07, 6.45) is 1.95. The molecule has 0 unspecified atom stereocenters. The highest BCUT2D eigenvalue weighted by Crippen LogP contribution is 2.23. The molecule has 1 aromatic heterocycles. The summed E-state index contributed by atoms with van der Waals surface area (Å²) in [5.41, 5.74) is 12.4. The number of benzene rings is 2. The molecule has 2 bridgehead atoms. The Balaban J connectivity index is 1.38. The minimum atomic E-state index is -1.64. The van der Waals surface area contributed by atoms with Gasteiger partial charge in [-0.1, -0.05) is 56.3 Å². The molecule has 15 N–H and O–H groups in total. The minimum absolute atomic E-state index is 0.0505. The van der Waals surface area contributed by atoms with E-state index in [-0.39, 0.29) is 69.9 Å². The lowest BCUT2D eigenvalue weighted by Gasteiger charge is -2.30. The number of amides is 8. The number of phenolic OH excluding ortho intramolecular Hbond substituents is 1. The summed E-state index contributed by atoms with van der Waals surface area (Å²) in [6, 6.07) is 4.03. The van der Waals surface area contributed by atoms with E-state index in [1.54, 1.807) is 51.2 Å².